The van der Waals surface area contributed by atoms with Crippen LogP contribution in [-0.4, -0.2) is 53.8 Å². The average molecular weight is 320 g/mol. The molecule has 23 heavy (non-hydrogen) atoms. The second-order valence-corrected chi connectivity index (χ2v) is 6.93. The molecule has 1 saturated carbocycles. The average Bonchev–Trinajstić information content (AvgIpc) is 3.17. The van der Waals surface area contributed by atoms with Crippen molar-refractivity contribution in [2.75, 3.05) is 26.3 Å². The molecule has 0 N–H and O–H groups in total. The third-order valence-corrected chi connectivity index (χ3v) is 5.05. The number of aromatic nitrogens is 1. The lowest BCUT2D eigenvalue weighted by atomic mass is 9.98. The molecule has 1 amide bonds. The molecule has 2 saturated heterocycles. The van der Waals surface area contributed by atoms with Gasteiger partial charge < -0.3 is 14.4 Å². The summed E-state index contributed by atoms with van der Waals surface area (Å²) in [6.07, 6.45) is 6.81. The van der Waals surface area contributed by atoms with E-state index in [0.717, 1.165) is 31.6 Å². The molecule has 0 unspecified atom stereocenters. The first-order valence-electron chi connectivity index (χ1n) is 8.30. The van der Waals surface area contributed by atoms with Gasteiger partial charge in [-0.05, 0) is 31.2 Å². The van der Waals surface area contributed by atoms with Crippen molar-refractivity contribution in [1.82, 2.24) is 9.88 Å². The molecule has 0 radical (unpaired) electrons. The number of carbonyl (C=O) groups excluding carboxylic acids is 1. The molecular weight excluding hydrogens is 299 g/mol. The number of carbonyl (C=O) groups is 1. The minimum atomic E-state index is -0.573. The maximum atomic E-state index is 13.7. The largest absolute Gasteiger partial charge is 0.375 e. The first-order chi connectivity index (χ1) is 11.2. The number of amides is 1. The molecule has 3 fully saturated rings. The summed E-state index contributed by atoms with van der Waals surface area (Å²) >= 11 is 0. The maximum absolute atomic E-state index is 13.7. The van der Waals surface area contributed by atoms with Crippen LogP contribution in [0.5, 0.6) is 0 Å². The van der Waals surface area contributed by atoms with E-state index in [1.807, 2.05) is 0 Å². The zero-order chi connectivity index (χ0) is 15.9. The molecule has 1 aromatic rings. The Hall–Kier alpha value is -1.53. The van der Waals surface area contributed by atoms with Gasteiger partial charge in [-0.3, -0.25) is 9.78 Å². The number of rotatable bonds is 4. The minimum Gasteiger partial charge on any atom is -0.375 e. The number of halogens is 1. The minimum absolute atomic E-state index is 0.0802. The fraction of sp³-hybridized carbons (Fsp3) is 0.647. The molecule has 2 aliphatic heterocycles. The van der Waals surface area contributed by atoms with Crippen LogP contribution in [0.25, 0.3) is 0 Å². The Bertz CT molecular complexity index is 607. The van der Waals surface area contributed by atoms with Gasteiger partial charge in [0.15, 0.2) is 5.82 Å². The maximum Gasteiger partial charge on any atom is 0.257 e. The summed E-state index contributed by atoms with van der Waals surface area (Å²) in [4.78, 5) is 17.9. The number of hydrogen-bond donors (Lipinski definition) is 0. The number of nitrogens with zero attached hydrogens (tertiary/aromatic N) is 2. The molecule has 0 bridgehead atoms. The lowest BCUT2D eigenvalue weighted by molar-refractivity contribution is 0.00154. The molecule has 1 aliphatic carbocycles. The predicted octanol–water partition coefficient (Wildman–Crippen LogP) is 2.02. The topological polar surface area (TPSA) is 51.7 Å². The second kappa shape index (κ2) is 5.83. The van der Waals surface area contributed by atoms with Gasteiger partial charge in [-0.15, -0.1) is 0 Å². The first-order valence-corrected chi connectivity index (χ1v) is 8.30. The van der Waals surface area contributed by atoms with Crippen LogP contribution in [0, 0.1) is 11.7 Å². The van der Waals surface area contributed by atoms with Crippen LogP contribution in [0.3, 0.4) is 0 Å². The molecule has 124 valence electrons. The first kappa shape index (κ1) is 15.0. The van der Waals surface area contributed by atoms with Crippen LogP contribution in [0.15, 0.2) is 18.5 Å². The summed E-state index contributed by atoms with van der Waals surface area (Å²) in [6, 6.07) is 1.43. The Morgan fingerprint density at radius 1 is 1.52 bits per heavy atom. The van der Waals surface area contributed by atoms with Crippen molar-refractivity contribution < 1.29 is 18.7 Å². The van der Waals surface area contributed by atoms with Gasteiger partial charge in [0.1, 0.15) is 0 Å². The highest BCUT2D eigenvalue weighted by atomic mass is 19.1. The Labute approximate surface area is 134 Å². The highest BCUT2D eigenvalue weighted by Gasteiger charge is 2.47. The van der Waals surface area contributed by atoms with Crippen molar-refractivity contribution in [3.05, 3.63) is 29.8 Å². The van der Waals surface area contributed by atoms with Gasteiger partial charge in [-0.25, -0.2) is 4.39 Å². The Morgan fingerprint density at radius 3 is 3.17 bits per heavy atom. The quantitative estimate of drug-likeness (QED) is 0.852. The van der Waals surface area contributed by atoms with E-state index in [4.69, 9.17) is 9.47 Å². The van der Waals surface area contributed by atoms with E-state index in [0.29, 0.717) is 19.7 Å². The van der Waals surface area contributed by atoms with E-state index in [9.17, 15) is 9.18 Å². The third kappa shape index (κ3) is 3.10. The van der Waals surface area contributed by atoms with Crippen molar-refractivity contribution in [3.63, 3.8) is 0 Å². The van der Waals surface area contributed by atoms with Crippen LogP contribution < -0.4 is 0 Å². The molecule has 0 aromatic carbocycles. The number of likely N-dealkylation sites (tertiary alicyclic amines) is 1. The third-order valence-electron chi connectivity index (χ3n) is 5.05. The normalized spacial score (nSPS) is 30.3. The summed E-state index contributed by atoms with van der Waals surface area (Å²) < 4.78 is 25.6. The van der Waals surface area contributed by atoms with Crippen LogP contribution >= 0.6 is 0 Å². The van der Waals surface area contributed by atoms with Gasteiger partial charge >= 0.3 is 0 Å². The van der Waals surface area contributed by atoms with Gasteiger partial charge in [0.05, 0.1) is 36.6 Å². The zero-order valence-electron chi connectivity index (χ0n) is 13.0. The highest BCUT2D eigenvalue weighted by molar-refractivity contribution is 5.94. The van der Waals surface area contributed by atoms with E-state index < -0.39 is 5.82 Å². The SMILES string of the molecule is O=C(c1ccncc1F)N1CC[C@@]2(C[C@H](OCC3CC3)CO2)C1. The highest BCUT2D eigenvalue weighted by Crippen LogP contribution is 2.38. The van der Waals surface area contributed by atoms with E-state index in [1.54, 1.807) is 4.90 Å². The molecule has 6 heteroatoms. The van der Waals surface area contributed by atoms with Gasteiger partial charge in [0, 0.05) is 25.8 Å². The van der Waals surface area contributed by atoms with Crippen molar-refractivity contribution in [2.24, 2.45) is 5.92 Å². The number of ether oxygens (including phenoxy) is 2. The lowest BCUT2D eigenvalue weighted by Crippen LogP contribution is -2.36. The predicted molar refractivity (Wildman–Crippen MR) is 80.5 cm³/mol. The van der Waals surface area contributed by atoms with Crippen molar-refractivity contribution in [3.8, 4) is 0 Å². The molecule has 1 spiro atoms. The molecule has 4 rings (SSSR count). The van der Waals surface area contributed by atoms with E-state index >= 15 is 0 Å². The van der Waals surface area contributed by atoms with Crippen LogP contribution in [0.1, 0.15) is 36.0 Å². The Balaban J connectivity index is 1.37. The standard InChI is InChI=1S/C17H21FN2O3/c18-15-8-19-5-3-14(15)16(21)20-6-4-17(11-20)7-13(10-23-17)22-9-12-1-2-12/h3,5,8,12-13H,1-2,4,6-7,9-11H2/t13-,17+/m0/s1. The summed E-state index contributed by atoms with van der Waals surface area (Å²) in [6.45, 7) is 2.53. The summed E-state index contributed by atoms with van der Waals surface area (Å²) in [7, 11) is 0. The van der Waals surface area contributed by atoms with Crippen molar-refractivity contribution >= 4 is 5.91 Å². The van der Waals surface area contributed by atoms with Crippen molar-refractivity contribution in [1.29, 1.82) is 0 Å². The second-order valence-electron chi connectivity index (χ2n) is 6.93. The summed E-state index contributed by atoms with van der Waals surface area (Å²) in [5.41, 5.74) is -0.232. The van der Waals surface area contributed by atoms with E-state index in [2.05, 4.69) is 4.98 Å². The van der Waals surface area contributed by atoms with Crippen LogP contribution in [0.2, 0.25) is 0 Å². The number of hydrogen-bond acceptors (Lipinski definition) is 4. The molecule has 2 atom stereocenters. The lowest BCUT2D eigenvalue weighted by Gasteiger charge is -2.23. The molecule has 3 aliphatic rings. The van der Waals surface area contributed by atoms with Gasteiger partial charge in [-0.2, -0.15) is 0 Å². The molecule has 1 aromatic heterocycles. The fourth-order valence-electron chi connectivity index (χ4n) is 3.49. The smallest absolute Gasteiger partial charge is 0.257 e. The molecule has 3 heterocycles. The number of pyridine rings is 1. The Kier molecular flexibility index (Phi) is 3.81. The van der Waals surface area contributed by atoms with E-state index in [1.165, 1.54) is 25.1 Å². The summed E-state index contributed by atoms with van der Waals surface area (Å²) in [5, 5.41) is 0. The monoisotopic (exact) mass is 320 g/mol. The fourth-order valence-corrected chi connectivity index (χ4v) is 3.49. The van der Waals surface area contributed by atoms with Crippen LogP contribution in [0.4, 0.5) is 4.39 Å². The summed E-state index contributed by atoms with van der Waals surface area (Å²) in [5.74, 6) is -0.118. The van der Waals surface area contributed by atoms with Gasteiger partial charge in [-0.1, -0.05) is 0 Å². The van der Waals surface area contributed by atoms with Crippen LogP contribution in [-0.2, 0) is 9.47 Å². The van der Waals surface area contributed by atoms with E-state index in [-0.39, 0.29) is 23.2 Å². The molecule has 5 nitrogen and oxygen atoms in total. The van der Waals surface area contributed by atoms with Gasteiger partial charge in [0.25, 0.3) is 5.91 Å². The zero-order valence-corrected chi connectivity index (χ0v) is 13.0. The van der Waals surface area contributed by atoms with Gasteiger partial charge in [0.2, 0.25) is 0 Å². The Morgan fingerprint density at radius 2 is 2.39 bits per heavy atom. The van der Waals surface area contributed by atoms with Crippen molar-refractivity contribution in [2.45, 2.75) is 37.4 Å². The molecular formula is C17H21FN2O3.